The molecule has 1 N–H and O–H groups in total. The Hall–Kier alpha value is -3.70. The maximum atomic E-state index is 11.5. The number of rotatable bonds is 5. The number of aromatic nitrogens is 1. The number of nitrogens with zero attached hydrogens (tertiary/aromatic N) is 3. The topological polar surface area (TPSA) is 107 Å². The highest BCUT2D eigenvalue weighted by Crippen LogP contribution is 2.36. The first-order chi connectivity index (χ1) is 12.5. The zero-order chi connectivity index (χ0) is 18.7. The van der Waals surface area contributed by atoms with Crippen LogP contribution in [0.25, 0.3) is 17.0 Å². The van der Waals surface area contributed by atoms with Gasteiger partial charge in [0.2, 0.25) is 11.6 Å². The summed E-state index contributed by atoms with van der Waals surface area (Å²) in [4.78, 5) is 16.0. The van der Waals surface area contributed by atoms with Crippen molar-refractivity contribution in [3.8, 4) is 17.7 Å². The number of hydrogen-bond donors (Lipinski definition) is 1. The second kappa shape index (κ2) is 7.04. The minimum absolute atomic E-state index is 0.135. The van der Waals surface area contributed by atoms with Gasteiger partial charge in [0, 0.05) is 12.3 Å². The van der Waals surface area contributed by atoms with Crippen LogP contribution in [0.3, 0.4) is 0 Å². The molecule has 0 saturated heterocycles. The van der Waals surface area contributed by atoms with Crippen LogP contribution in [0.5, 0.6) is 11.6 Å². The molecule has 0 aliphatic carbocycles. The monoisotopic (exact) mass is 351 g/mol. The lowest BCUT2D eigenvalue weighted by Gasteiger charge is -2.05. The number of pyridine rings is 1. The van der Waals surface area contributed by atoms with E-state index >= 15 is 0 Å². The molecule has 8 heteroatoms. The summed E-state index contributed by atoms with van der Waals surface area (Å²) in [6, 6.07) is 9.89. The third kappa shape index (κ3) is 3.38. The normalized spacial score (nSPS) is 11.2. The van der Waals surface area contributed by atoms with Crippen LogP contribution in [0.2, 0.25) is 0 Å². The van der Waals surface area contributed by atoms with Crippen molar-refractivity contribution in [2.75, 3.05) is 14.1 Å². The number of furan rings is 1. The first kappa shape index (κ1) is 17.1. The van der Waals surface area contributed by atoms with Gasteiger partial charge in [-0.2, -0.15) is 5.26 Å². The SMILES string of the molecule is C[NH+](C)/C=C/c1oc2ccc(Oc3ncccc3C#N)cc2c1[N+](=O)[O-]. The van der Waals surface area contributed by atoms with Crippen LogP contribution in [-0.2, 0) is 0 Å². The molecule has 0 spiro atoms. The van der Waals surface area contributed by atoms with Gasteiger partial charge in [-0.15, -0.1) is 0 Å². The van der Waals surface area contributed by atoms with E-state index in [4.69, 9.17) is 14.4 Å². The molecule has 26 heavy (non-hydrogen) atoms. The first-order valence-electron chi connectivity index (χ1n) is 7.71. The fourth-order valence-corrected chi connectivity index (χ4v) is 2.36. The lowest BCUT2D eigenvalue weighted by atomic mass is 10.2. The van der Waals surface area contributed by atoms with Gasteiger partial charge in [0.15, 0.2) is 0 Å². The molecule has 130 valence electrons. The van der Waals surface area contributed by atoms with Gasteiger partial charge in [-0.1, -0.05) is 0 Å². The molecule has 3 rings (SSSR count). The number of nitro groups is 1. The van der Waals surface area contributed by atoms with E-state index in [-0.39, 0.29) is 22.9 Å². The van der Waals surface area contributed by atoms with Crippen molar-refractivity contribution in [1.82, 2.24) is 4.98 Å². The average molecular weight is 351 g/mol. The molecule has 3 aromatic rings. The van der Waals surface area contributed by atoms with Crippen molar-refractivity contribution in [1.29, 1.82) is 5.26 Å². The third-order valence-electron chi connectivity index (χ3n) is 3.52. The number of fused-ring (bicyclic) bond motifs is 1. The van der Waals surface area contributed by atoms with Crippen molar-refractivity contribution in [3.05, 3.63) is 64.2 Å². The van der Waals surface area contributed by atoms with Crippen LogP contribution < -0.4 is 9.64 Å². The maximum Gasteiger partial charge on any atom is 0.322 e. The lowest BCUT2D eigenvalue weighted by Crippen LogP contribution is -3.00. The van der Waals surface area contributed by atoms with Gasteiger partial charge in [0.05, 0.1) is 25.2 Å². The number of ether oxygens (including phenoxy) is 1. The van der Waals surface area contributed by atoms with Gasteiger partial charge < -0.3 is 14.1 Å². The summed E-state index contributed by atoms with van der Waals surface area (Å²) in [6.45, 7) is 0. The molecule has 0 saturated carbocycles. The summed E-state index contributed by atoms with van der Waals surface area (Å²) in [5, 5.41) is 20.9. The molecule has 0 aliphatic heterocycles. The molecule has 8 nitrogen and oxygen atoms in total. The van der Waals surface area contributed by atoms with Gasteiger partial charge in [-0.3, -0.25) is 10.1 Å². The Morgan fingerprint density at radius 3 is 2.88 bits per heavy atom. The van der Waals surface area contributed by atoms with E-state index in [9.17, 15) is 10.1 Å². The minimum Gasteiger partial charge on any atom is -0.449 e. The van der Waals surface area contributed by atoms with Crippen LogP contribution in [-0.4, -0.2) is 24.0 Å². The van der Waals surface area contributed by atoms with Crippen LogP contribution >= 0.6 is 0 Å². The van der Waals surface area contributed by atoms with Gasteiger partial charge in [0.1, 0.15) is 28.4 Å². The van der Waals surface area contributed by atoms with Gasteiger partial charge in [-0.05, 0) is 30.3 Å². The molecule has 0 amide bonds. The van der Waals surface area contributed by atoms with Crippen LogP contribution in [0, 0.1) is 21.4 Å². The van der Waals surface area contributed by atoms with E-state index in [0.29, 0.717) is 16.7 Å². The second-order valence-electron chi connectivity index (χ2n) is 5.71. The van der Waals surface area contributed by atoms with Gasteiger partial charge in [-0.25, -0.2) is 4.98 Å². The summed E-state index contributed by atoms with van der Waals surface area (Å²) < 4.78 is 11.2. The summed E-state index contributed by atoms with van der Waals surface area (Å²) in [7, 11) is 3.77. The molecule has 2 aromatic heterocycles. The van der Waals surface area contributed by atoms with E-state index in [1.807, 2.05) is 20.2 Å². The van der Waals surface area contributed by atoms with E-state index < -0.39 is 4.92 Å². The molecule has 1 aromatic carbocycles. The fourth-order valence-electron chi connectivity index (χ4n) is 2.36. The molecular formula is C18H15N4O4+. The molecular weight excluding hydrogens is 336 g/mol. The average Bonchev–Trinajstić information content (AvgIpc) is 2.98. The molecule has 0 fully saturated rings. The van der Waals surface area contributed by atoms with Crippen LogP contribution in [0.1, 0.15) is 11.3 Å². The highest BCUT2D eigenvalue weighted by Gasteiger charge is 2.24. The van der Waals surface area contributed by atoms with Crippen LogP contribution in [0.15, 0.2) is 47.1 Å². The van der Waals surface area contributed by atoms with E-state index in [1.165, 1.54) is 12.3 Å². The number of benzene rings is 1. The number of hydrogen-bond acceptors (Lipinski definition) is 6. The molecule has 0 atom stereocenters. The van der Waals surface area contributed by atoms with Crippen molar-refractivity contribution in [2.45, 2.75) is 0 Å². The quantitative estimate of drug-likeness (QED) is 0.559. The minimum atomic E-state index is -0.484. The highest BCUT2D eigenvalue weighted by molar-refractivity contribution is 5.92. The molecule has 0 unspecified atom stereocenters. The Morgan fingerprint density at radius 1 is 1.38 bits per heavy atom. The molecule has 0 radical (unpaired) electrons. The summed E-state index contributed by atoms with van der Waals surface area (Å²) >= 11 is 0. The third-order valence-corrected chi connectivity index (χ3v) is 3.52. The highest BCUT2D eigenvalue weighted by atomic mass is 16.6. The Kier molecular flexibility index (Phi) is 4.64. The summed E-state index contributed by atoms with van der Waals surface area (Å²) in [5.74, 6) is 0.626. The number of nitrogens with one attached hydrogen (secondary N) is 1. The van der Waals surface area contributed by atoms with Crippen molar-refractivity contribution >= 4 is 22.7 Å². The first-order valence-corrected chi connectivity index (χ1v) is 7.71. The summed E-state index contributed by atoms with van der Waals surface area (Å²) in [5.41, 5.74) is 0.510. The Bertz CT molecular complexity index is 1050. The van der Waals surface area contributed by atoms with E-state index in [2.05, 4.69) is 4.98 Å². The van der Waals surface area contributed by atoms with Crippen molar-refractivity contribution in [3.63, 3.8) is 0 Å². The lowest BCUT2D eigenvalue weighted by molar-refractivity contribution is -0.800. The van der Waals surface area contributed by atoms with Crippen molar-refractivity contribution < 1.29 is 19.0 Å². The van der Waals surface area contributed by atoms with Crippen LogP contribution in [0.4, 0.5) is 5.69 Å². The Balaban J connectivity index is 2.06. The maximum absolute atomic E-state index is 11.5. The predicted octanol–water partition coefficient (Wildman–Crippen LogP) is 2.52. The van der Waals surface area contributed by atoms with E-state index in [1.54, 1.807) is 36.5 Å². The molecule has 0 aliphatic rings. The Labute approximate surface area is 148 Å². The van der Waals surface area contributed by atoms with Gasteiger partial charge in [0.25, 0.3) is 0 Å². The number of quaternary nitrogens is 1. The summed E-state index contributed by atoms with van der Waals surface area (Å²) in [6.07, 6.45) is 4.82. The smallest absolute Gasteiger partial charge is 0.322 e. The van der Waals surface area contributed by atoms with Gasteiger partial charge >= 0.3 is 5.69 Å². The molecule has 0 bridgehead atoms. The van der Waals surface area contributed by atoms with Crippen molar-refractivity contribution in [2.24, 2.45) is 0 Å². The van der Waals surface area contributed by atoms with E-state index in [0.717, 1.165) is 4.90 Å². The Morgan fingerprint density at radius 2 is 2.19 bits per heavy atom. The fraction of sp³-hybridized carbons (Fsp3) is 0.111. The largest absolute Gasteiger partial charge is 0.449 e. The second-order valence-corrected chi connectivity index (χ2v) is 5.71. The zero-order valence-electron chi connectivity index (χ0n) is 14.1. The number of nitriles is 1. The zero-order valence-corrected chi connectivity index (χ0v) is 14.1. The predicted molar refractivity (Wildman–Crippen MR) is 93.7 cm³/mol. The molecule has 2 heterocycles. The standard InChI is InChI=1S/C18H14N4O4/c1-21(2)9-7-16-17(22(23)24)14-10-13(5-6-15(14)26-16)25-18-12(11-19)4-3-8-20-18/h3-10H,1-2H3/p+1/b9-7+.